The molecule has 2 aliphatic rings. The summed E-state index contributed by atoms with van der Waals surface area (Å²) >= 11 is 0. The van der Waals surface area contributed by atoms with E-state index in [1.807, 2.05) is 0 Å². The molecular formula is C117H82N4O2. The van der Waals surface area contributed by atoms with E-state index in [-0.39, 0.29) is 0 Å². The van der Waals surface area contributed by atoms with Crippen LogP contribution in [0.25, 0.3) is 120 Å². The highest BCUT2D eigenvalue weighted by atomic mass is 16.5. The minimum atomic E-state index is 0.839. The van der Waals surface area contributed by atoms with Crippen molar-refractivity contribution in [3.63, 3.8) is 0 Å². The van der Waals surface area contributed by atoms with Crippen molar-refractivity contribution in [2.24, 2.45) is 0 Å². The zero-order valence-corrected chi connectivity index (χ0v) is 68.3. The Kier molecular flexibility index (Phi) is 18.5. The molecule has 2 aliphatic heterocycles. The van der Waals surface area contributed by atoms with Crippen molar-refractivity contribution in [1.82, 2.24) is 0 Å². The van der Waals surface area contributed by atoms with Gasteiger partial charge in [-0.25, -0.2) is 0 Å². The van der Waals surface area contributed by atoms with E-state index >= 15 is 0 Å². The van der Waals surface area contributed by atoms with Crippen molar-refractivity contribution in [1.29, 1.82) is 0 Å². The average Bonchev–Trinajstić information content (AvgIpc) is 0.716. The lowest BCUT2D eigenvalue weighted by Crippen LogP contribution is -2.13. The SMILES string of the molecule is Cc1cc(C)c(N(c2ccccc2)c2ccc3c(c2)Oc2cccc4c2c-3cc2c3ccccc3c(-c3ccc(N(c5ccccc5)c5ccccc5)cc3)cc42)c(C)c1.c1ccc(-c2ccccc2N(c2ccccc2)c2ccc3c(c2)Oc2cccc4c2c-3cc2c3ccccc3c(-c3ccc(N(c5ccccc5)c5ccccc5)cc3)cc42)cc1. The van der Waals surface area contributed by atoms with Crippen LogP contribution in [-0.4, -0.2) is 0 Å². The number of nitrogens with zero attached hydrogens (tertiary/aromatic N) is 4. The van der Waals surface area contributed by atoms with Crippen molar-refractivity contribution in [2.75, 3.05) is 19.6 Å². The van der Waals surface area contributed by atoms with Gasteiger partial charge in [-0.15, -0.1) is 0 Å². The molecule has 582 valence electrons. The standard InChI is InChI=1S/C60H40N2O.C57H42N2O/c1-5-18-41(19-6-1)48-26-15-16-30-57(48)62(45-24-11-4-12-25-45)47-36-37-51-56-40-54-50-28-14-13-27-49(50)53(39-55(54)52-29-17-31-58(60(52)56)63-59(51)38-47)42-32-34-46(35-33-42)61(43-20-7-2-8-21-43)44-22-9-3-10-23-44;1-37-32-38(2)57(39(3)33-37)59(43-20-11-6-12-21-43)45-30-31-48-53-36-51-47-23-14-13-22-46(47)50(35-52(51)49-24-15-25-54(56(49)53)60-55(48)34-45)40-26-28-44(29-27-40)58(41-16-7-4-8-17-41)42-18-9-5-10-19-42/h1-40H;4-36H,1-3H3. The number of para-hydroxylation sites is 7. The Morgan fingerprint density at radius 2 is 0.472 bits per heavy atom. The molecule has 123 heavy (non-hydrogen) atoms. The van der Waals surface area contributed by atoms with E-state index in [0.717, 1.165) is 113 Å². The fourth-order valence-corrected chi connectivity index (χ4v) is 19.1. The Bertz CT molecular complexity index is 7520. The van der Waals surface area contributed by atoms with E-state index in [1.165, 1.54) is 115 Å². The second kappa shape index (κ2) is 31.0. The molecule has 21 aromatic rings. The molecule has 0 unspecified atom stereocenters. The molecule has 0 bridgehead atoms. The number of fused-ring (bicyclic) bond motifs is 12. The maximum Gasteiger partial charge on any atom is 0.137 e. The molecule has 0 radical (unpaired) electrons. The van der Waals surface area contributed by atoms with Crippen LogP contribution < -0.4 is 29.1 Å². The summed E-state index contributed by atoms with van der Waals surface area (Å²) in [5, 5.41) is 14.5. The molecule has 0 N–H and O–H groups in total. The Morgan fingerprint density at radius 3 is 0.886 bits per heavy atom. The highest BCUT2D eigenvalue weighted by Crippen LogP contribution is 2.56. The number of aryl methyl sites for hydroxylation is 3. The van der Waals surface area contributed by atoms with Gasteiger partial charge in [-0.1, -0.05) is 272 Å². The van der Waals surface area contributed by atoms with Crippen LogP contribution in [0.15, 0.2) is 443 Å². The third kappa shape index (κ3) is 13.2. The molecule has 2 heterocycles. The number of anilines is 12. The summed E-state index contributed by atoms with van der Waals surface area (Å²) < 4.78 is 13.9. The number of ether oxygens (including phenoxy) is 2. The molecule has 0 spiro atoms. The highest BCUT2D eigenvalue weighted by molar-refractivity contribution is 6.27. The topological polar surface area (TPSA) is 31.4 Å². The zero-order chi connectivity index (χ0) is 82.0. The molecule has 23 rings (SSSR count). The Hall–Kier alpha value is -16.0. The fraction of sp³-hybridized carbons (Fsp3) is 0.0256. The summed E-state index contributed by atoms with van der Waals surface area (Å²) in [7, 11) is 0. The lowest BCUT2D eigenvalue weighted by molar-refractivity contribution is 0.487. The van der Waals surface area contributed by atoms with Crippen molar-refractivity contribution in [3.8, 4) is 78.6 Å². The van der Waals surface area contributed by atoms with Gasteiger partial charge in [0, 0.05) is 96.5 Å². The van der Waals surface area contributed by atoms with E-state index in [2.05, 4.69) is 483 Å². The molecular weight excluding hydrogens is 1490 g/mol. The second-order valence-corrected chi connectivity index (χ2v) is 32.0. The first-order valence-electron chi connectivity index (χ1n) is 42.2. The largest absolute Gasteiger partial charge is 0.456 e. The second-order valence-electron chi connectivity index (χ2n) is 32.0. The molecule has 0 saturated heterocycles. The van der Waals surface area contributed by atoms with Gasteiger partial charge in [0.05, 0.1) is 11.4 Å². The molecule has 21 aromatic carbocycles. The molecule has 0 amide bonds. The van der Waals surface area contributed by atoms with Gasteiger partial charge in [0.25, 0.3) is 0 Å². The van der Waals surface area contributed by atoms with E-state index < -0.39 is 0 Å². The smallest absolute Gasteiger partial charge is 0.137 e. The van der Waals surface area contributed by atoms with Crippen LogP contribution >= 0.6 is 0 Å². The summed E-state index contributed by atoms with van der Waals surface area (Å²) in [6.45, 7) is 6.58. The minimum absolute atomic E-state index is 0.839. The first-order valence-corrected chi connectivity index (χ1v) is 42.2. The third-order valence-electron chi connectivity index (χ3n) is 24.4. The van der Waals surface area contributed by atoms with Crippen LogP contribution in [-0.2, 0) is 0 Å². The minimum Gasteiger partial charge on any atom is -0.456 e. The Balaban J connectivity index is 0.000000147. The number of rotatable bonds is 15. The highest BCUT2D eigenvalue weighted by Gasteiger charge is 2.30. The number of hydrogen-bond donors (Lipinski definition) is 0. The average molecular weight is 1580 g/mol. The molecule has 6 heteroatoms. The van der Waals surface area contributed by atoms with Crippen LogP contribution in [0.1, 0.15) is 16.7 Å². The van der Waals surface area contributed by atoms with Gasteiger partial charge in [0.1, 0.15) is 23.0 Å². The summed E-state index contributed by atoms with van der Waals surface area (Å²) in [4.78, 5) is 9.32. The van der Waals surface area contributed by atoms with Crippen molar-refractivity contribution in [3.05, 3.63) is 460 Å². The normalized spacial score (nSPS) is 11.7. The lowest BCUT2D eigenvalue weighted by Gasteiger charge is -2.30. The number of hydrogen-bond acceptors (Lipinski definition) is 6. The fourth-order valence-electron chi connectivity index (χ4n) is 19.1. The molecule has 6 nitrogen and oxygen atoms in total. The van der Waals surface area contributed by atoms with Gasteiger partial charge in [-0.3, -0.25) is 0 Å². The molecule has 0 aromatic heterocycles. The molecule has 0 saturated carbocycles. The summed E-state index contributed by atoms with van der Waals surface area (Å²) in [6, 6.07) is 159. The molecule has 0 aliphatic carbocycles. The monoisotopic (exact) mass is 1570 g/mol. The van der Waals surface area contributed by atoms with Crippen LogP contribution in [0.4, 0.5) is 68.2 Å². The van der Waals surface area contributed by atoms with E-state index in [4.69, 9.17) is 9.47 Å². The first-order chi connectivity index (χ1) is 60.8. The van der Waals surface area contributed by atoms with Crippen LogP contribution in [0.5, 0.6) is 23.0 Å². The van der Waals surface area contributed by atoms with Crippen molar-refractivity contribution >= 4 is 133 Å². The van der Waals surface area contributed by atoms with Gasteiger partial charge >= 0.3 is 0 Å². The maximum absolute atomic E-state index is 6.96. The van der Waals surface area contributed by atoms with Gasteiger partial charge < -0.3 is 29.1 Å². The quantitative estimate of drug-likeness (QED) is 0.0951. The van der Waals surface area contributed by atoms with Gasteiger partial charge in [-0.05, 0) is 288 Å². The van der Waals surface area contributed by atoms with E-state index in [0.29, 0.717) is 0 Å². The lowest BCUT2D eigenvalue weighted by atomic mass is 9.86. The Morgan fingerprint density at radius 1 is 0.171 bits per heavy atom. The van der Waals surface area contributed by atoms with Crippen molar-refractivity contribution in [2.45, 2.75) is 20.8 Å². The predicted octanol–water partition coefficient (Wildman–Crippen LogP) is 33.6. The summed E-state index contributed by atoms with van der Waals surface area (Å²) in [5.41, 5.74) is 28.6. The van der Waals surface area contributed by atoms with E-state index in [9.17, 15) is 0 Å². The van der Waals surface area contributed by atoms with Gasteiger partial charge in [-0.2, -0.15) is 0 Å². The summed E-state index contributed by atoms with van der Waals surface area (Å²) in [6.07, 6.45) is 0. The van der Waals surface area contributed by atoms with Gasteiger partial charge in [0.2, 0.25) is 0 Å². The predicted molar refractivity (Wildman–Crippen MR) is 518 cm³/mol. The van der Waals surface area contributed by atoms with Crippen LogP contribution in [0.2, 0.25) is 0 Å². The molecule has 0 atom stereocenters. The van der Waals surface area contributed by atoms with Crippen molar-refractivity contribution < 1.29 is 9.47 Å². The molecule has 0 fully saturated rings. The first kappa shape index (κ1) is 73.4. The maximum atomic E-state index is 6.96. The van der Waals surface area contributed by atoms with Crippen LogP contribution in [0, 0.1) is 20.8 Å². The van der Waals surface area contributed by atoms with E-state index in [1.54, 1.807) is 0 Å². The Labute approximate surface area is 716 Å². The van der Waals surface area contributed by atoms with Crippen LogP contribution in [0.3, 0.4) is 0 Å². The number of benzene rings is 21. The third-order valence-corrected chi connectivity index (χ3v) is 24.4. The zero-order valence-electron chi connectivity index (χ0n) is 68.3. The summed E-state index contributed by atoms with van der Waals surface area (Å²) in [5.74, 6) is 3.44. The van der Waals surface area contributed by atoms with Gasteiger partial charge in [0.15, 0.2) is 0 Å².